The molecule has 11 nitrogen and oxygen atoms in total. The number of ether oxygens (including phenoxy) is 1. The van der Waals surface area contributed by atoms with Crippen molar-refractivity contribution in [3.05, 3.63) is 59.4 Å². The van der Waals surface area contributed by atoms with Gasteiger partial charge in [0.05, 0.1) is 30.7 Å². The van der Waals surface area contributed by atoms with Crippen LogP contribution >= 0.6 is 0 Å². The molecule has 0 saturated carbocycles. The summed E-state index contributed by atoms with van der Waals surface area (Å²) in [5.41, 5.74) is 1.22. The Morgan fingerprint density at radius 3 is 2.62 bits per heavy atom. The molecule has 0 saturated heterocycles. The monoisotopic (exact) mass is 531 g/mol. The van der Waals surface area contributed by atoms with Gasteiger partial charge in [-0.05, 0) is 57.0 Å². The minimum absolute atomic E-state index is 0.00731. The Morgan fingerprint density at radius 1 is 1.22 bits per heavy atom. The quantitative estimate of drug-likeness (QED) is 0.216. The molecule has 0 aliphatic rings. The minimum atomic E-state index is -3.58. The summed E-state index contributed by atoms with van der Waals surface area (Å²) >= 11 is 0. The lowest BCUT2D eigenvalue weighted by Crippen LogP contribution is -2.42. The van der Waals surface area contributed by atoms with Gasteiger partial charge < -0.3 is 20.3 Å². The van der Waals surface area contributed by atoms with Crippen LogP contribution in [0.15, 0.2) is 42.5 Å². The number of rotatable bonds is 11. The third kappa shape index (κ3) is 7.75. The Kier molecular flexibility index (Phi) is 8.57. The van der Waals surface area contributed by atoms with Crippen molar-refractivity contribution in [3.63, 3.8) is 0 Å². The molecule has 1 heterocycles. The Hall–Kier alpha value is -3.48. The number of anilines is 1. The number of aryl methyl sites for hydroxylation is 2. The molecule has 0 amide bonds. The van der Waals surface area contributed by atoms with Gasteiger partial charge in [-0.1, -0.05) is 18.2 Å². The number of esters is 1. The number of nitrogens with one attached hydrogen (secondary N) is 2. The molecule has 1 unspecified atom stereocenters. The summed E-state index contributed by atoms with van der Waals surface area (Å²) < 4.78 is 31.8. The van der Waals surface area contributed by atoms with E-state index in [-0.39, 0.29) is 23.5 Å². The summed E-state index contributed by atoms with van der Waals surface area (Å²) in [4.78, 5) is 16.4. The number of hydrogen-bond acceptors (Lipinski definition) is 9. The summed E-state index contributed by atoms with van der Waals surface area (Å²) in [6.45, 7) is 6.63. The van der Waals surface area contributed by atoms with Crippen molar-refractivity contribution in [2.45, 2.75) is 45.4 Å². The molecular weight excluding hydrogens is 498 g/mol. The number of benzene rings is 2. The molecule has 0 aliphatic carbocycles. The smallest absolute Gasteiger partial charge is 0.337 e. The largest absolute Gasteiger partial charge is 0.506 e. The van der Waals surface area contributed by atoms with E-state index in [1.807, 2.05) is 26.8 Å². The van der Waals surface area contributed by atoms with Gasteiger partial charge in [0, 0.05) is 24.2 Å². The van der Waals surface area contributed by atoms with Crippen LogP contribution in [0.3, 0.4) is 0 Å². The van der Waals surface area contributed by atoms with E-state index in [1.165, 1.54) is 25.3 Å². The Labute approximate surface area is 216 Å². The molecule has 0 fully saturated rings. The number of aliphatic hydroxyl groups is 1. The zero-order valence-electron chi connectivity index (χ0n) is 21.5. The van der Waals surface area contributed by atoms with Crippen LogP contribution in [0.25, 0.3) is 11.4 Å². The Morgan fingerprint density at radius 2 is 1.95 bits per heavy atom. The topological polar surface area (TPSA) is 156 Å². The number of methoxy groups -OCH3 is 1. The maximum atomic E-state index is 11.8. The van der Waals surface area contributed by atoms with Gasteiger partial charge in [0.25, 0.3) is 0 Å². The second kappa shape index (κ2) is 11.3. The molecule has 0 spiro atoms. The first-order valence-electron chi connectivity index (χ1n) is 11.6. The zero-order valence-corrected chi connectivity index (χ0v) is 22.3. The predicted octanol–water partition coefficient (Wildman–Crippen LogP) is 2.61. The molecule has 200 valence electrons. The lowest BCUT2D eigenvalue weighted by atomic mass is 9.99. The zero-order chi connectivity index (χ0) is 27.4. The number of hydrogen-bond donors (Lipinski definition) is 4. The number of aromatic hydroxyl groups is 1. The van der Waals surface area contributed by atoms with Gasteiger partial charge in [0.2, 0.25) is 10.0 Å². The molecule has 0 radical (unpaired) electrons. The normalized spacial score (nSPS) is 12.8. The van der Waals surface area contributed by atoms with Gasteiger partial charge in [0.1, 0.15) is 11.6 Å². The number of phenolic OH excluding ortho intramolecular Hbond substituents is 1. The van der Waals surface area contributed by atoms with Crippen molar-refractivity contribution >= 4 is 21.7 Å². The highest BCUT2D eigenvalue weighted by Crippen LogP contribution is 2.28. The lowest BCUT2D eigenvalue weighted by molar-refractivity contribution is 0.0600. The molecule has 0 bridgehead atoms. The van der Waals surface area contributed by atoms with Crippen LogP contribution in [0.5, 0.6) is 5.75 Å². The second-order valence-electron chi connectivity index (χ2n) is 9.46. The number of aliphatic hydroxyl groups excluding tert-OH is 1. The van der Waals surface area contributed by atoms with Crippen molar-refractivity contribution in [2.24, 2.45) is 0 Å². The summed E-state index contributed by atoms with van der Waals surface area (Å²) in [5.74, 6) is 0.581. The van der Waals surface area contributed by atoms with Crippen molar-refractivity contribution in [3.8, 4) is 17.1 Å². The van der Waals surface area contributed by atoms with E-state index >= 15 is 0 Å². The molecule has 1 aromatic heterocycles. The fourth-order valence-electron chi connectivity index (χ4n) is 3.66. The van der Waals surface area contributed by atoms with Gasteiger partial charge >= 0.3 is 5.97 Å². The van der Waals surface area contributed by atoms with E-state index in [0.717, 1.165) is 12.1 Å². The van der Waals surface area contributed by atoms with Gasteiger partial charge in [-0.25, -0.2) is 22.9 Å². The van der Waals surface area contributed by atoms with E-state index in [0.29, 0.717) is 35.5 Å². The third-order valence-electron chi connectivity index (χ3n) is 5.82. The Balaban J connectivity index is 1.62. The van der Waals surface area contributed by atoms with Crippen LogP contribution in [-0.2, 0) is 21.3 Å². The number of sulfonamides is 1. The van der Waals surface area contributed by atoms with Crippen LogP contribution < -0.4 is 10.0 Å². The van der Waals surface area contributed by atoms with E-state index in [4.69, 9.17) is 4.74 Å². The third-order valence-corrected chi connectivity index (χ3v) is 6.41. The average molecular weight is 532 g/mol. The van der Waals surface area contributed by atoms with Crippen molar-refractivity contribution in [1.82, 2.24) is 20.1 Å². The number of phenols is 1. The van der Waals surface area contributed by atoms with Crippen LogP contribution in [0, 0.1) is 6.92 Å². The van der Waals surface area contributed by atoms with Gasteiger partial charge in [-0.15, -0.1) is 0 Å². The maximum absolute atomic E-state index is 11.8. The fourth-order valence-corrected chi connectivity index (χ4v) is 4.23. The van der Waals surface area contributed by atoms with Gasteiger partial charge in [-0.3, -0.25) is 4.72 Å². The number of carbonyl (C=O) groups is 1. The first-order valence-corrected chi connectivity index (χ1v) is 13.5. The number of nitrogens with zero attached hydrogens (tertiary/aromatic N) is 3. The predicted molar refractivity (Wildman–Crippen MR) is 140 cm³/mol. The second-order valence-corrected chi connectivity index (χ2v) is 11.2. The van der Waals surface area contributed by atoms with E-state index in [9.17, 15) is 23.4 Å². The van der Waals surface area contributed by atoms with Gasteiger partial charge in [0.15, 0.2) is 5.82 Å². The number of carbonyl (C=O) groups excluding carboxylic acids is 1. The summed E-state index contributed by atoms with van der Waals surface area (Å²) in [6, 6.07) is 11.2. The van der Waals surface area contributed by atoms with E-state index in [2.05, 4.69) is 20.1 Å². The molecule has 12 heteroatoms. The highest BCUT2D eigenvalue weighted by molar-refractivity contribution is 7.92. The minimum Gasteiger partial charge on any atom is -0.506 e. The van der Waals surface area contributed by atoms with Crippen LogP contribution in [0.1, 0.15) is 48.1 Å². The molecule has 2 aromatic carbocycles. The standard InChI is InChI=1S/C25H33N5O6S/c1-16-27-23(18-7-6-8-19(13-18)24(33)36-4)28-30(16)12-11-25(2,3)26-15-22(32)17-9-10-21(31)20(14-17)29-37(5,34)35/h6-10,13-14,22,26,29,31-32H,11-12,15H2,1-5H3. The summed E-state index contributed by atoms with van der Waals surface area (Å²) in [6.07, 6.45) is 0.725. The molecule has 0 aliphatic heterocycles. The summed E-state index contributed by atoms with van der Waals surface area (Å²) in [7, 11) is -2.25. The van der Waals surface area contributed by atoms with Gasteiger partial charge in [-0.2, -0.15) is 5.10 Å². The first-order chi connectivity index (χ1) is 17.3. The average Bonchev–Trinajstić information content (AvgIpc) is 3.22. The molecule has 3 rings (SSSR count). The fraction of sp³-hybridized carbons (Fsp3) is 0.400. The van der Waals surface area contributed by atoms with Crippen LogP contribution in [-0.4, -0.2) is 64.8 Å². The van der Waals surface area contributed by atoms with E-state index in [1.54, 1.807) is 22.9 Å². The SMILES string of the molecule is COC(=O)c1cccc(-c2nc(C)n(CCC(C)(C)NCC(O)c3ccc(O)c(NS(C)(=O)=O)c3)n2)c1. The number of β-amino-alcohol motifs (C(OH)–C–C–N with tert-alkyl or cyclic N) is 1. The molecule has 3 aromatic rings. The molecular formula is C25H33N5O6S. The molecule has 37 heavy (non-hydrogen) atoms. The van der Waals surface area contributed by atoms with Crippen LogP contribution in [0.4, 0.5) is 5.69 Å². The van der Waals surface area contributed by atoms with Crippen molar-refractivity contribution < 1.29 is 28.2 Å². The molecule has 1 atom stereocenters. The van der Waals surface area contributed by atoms with Crippen molar-refractivity contribution in [2.75, 3.05) is 24.6 Å². The van der Waals surface area contributed by atoms with E-state index < -0.39 is 22.1 Å². The van der Waals surface area contributed by atoms with Crippen molar-refractivity contribution in [1.29, 1.82) is 0 Å². The number of aromatic nitrogens is 3. The first kappa shape index (κ1) is 28.1. The lowest BCUT2D eigenvalue weighted by Gasteiger charge is -2.28. The maximum Gasteiger partial charge on any atom is 0.337 e. The Bertz CT molecular complexity index is 1370. The highest BCUT2D eigenvalue weighted by atomic mass is 32.2. The summed E-state index contributed by atoms with van der Waals surface area (Å²) in [5, 5.41) is 28.5. The highest BCUT2D eigenvalue weighted by Gasteiger charge is 2.21. The van der Waals surface area contributed by atoms with Crippen LogP contribution in [0.2, 0.25) is 0 Å². The molecule has 4 N–H and O–H groups in total.